The van der Waals surface area contributed by atoms with Gasteiger partial charge >= 0.3 is 0 Å². The molecule has 1 fully saturated rings. The van der Waals surface area contributed by atoms with Crippen molar-refractivity contribution in [2.75, 3.05) is 13.2 Å². The fourth-order valence-electron chi connectivity index (χ4n) is 1.56. The zero-order valence-corrected chi connectivity index (χ0v) is 10.9. The van der Waals surface area contributed by atoms with E-state index in [1.165, 1.54) is 12.8 Å². The Balaban J connectivity index is 1.79. The van der Waals surface area contributed by atoms with Crippen molar-refractivity contribution < 1.29 is 9.53 Å². The lowest BCUT2D eigenvalue weighted by Gasteiger charge is -2.09. The number of benzene rings is 1. The van der Waals surface area contributed by atoms with Crippen molar-refractivity contribution in [3.05, 3.63) is 28.8 Å². The SMILES string of the molecule is NCc1ccc(OCC(=O)NCC2CC2)c(Cl)c1. The third-order valence-corrected chi connectivity index (χ3v) is 3.17. The van der Waals surface area contributed by atoms with Crippen molar-refractivity contribution in [2.24, 2.45) is 11.7 Å². The Labute approximate surface area is 111 Å². The summed E-state index contributed by atoms with van der Waals surface area (Å²) < 4.78 is 5.37. The van der Waals surface area contributed by atoms with E-state index in [1.54, 1.807) is 12.1 Å². The van der Waals surface area contributed by atoms with Crippen molar-refractivity contribution in [2.45, 2.75) is 19.4 Å². The molecule has 0 saturated heterocycles. The van der Waals surface area contributed by atoms with Gasteiger partial charge in [0.15, 0.2) is 6.61 Å². The monoisotopic (exact) mass is 268 g/mol. The molecule has 98 valence electrons. The third-order valence-electron chi connectivity index (χ3n) is 2.88. The lowest BCUT2D eigenvalue weighted by atomic mass is 10.2. The number of amides is 1. The number of hydrogen-bond acceptors (Lipinski definition) is 3. The van der Waals surface area contributed by atoms with Crippen molar-refractivity contribution in [1.82, 2.24) is 5.32 Å². The molecule has 4 nitrogen and oxygen atoms in total. The zero-order valence-electron chi connectivity index (χ0n) is 10.1. The number of halogens is 1. The summed E-state index contributed by atoms with van der Waals surface area (Å²) >= 11 is 6.02. The van der Waals surface area contributed by atoms with Gasteiger partial charge in [0, 0.05) is 13.1 Å². The molecular weight excluding hydrogens is 252 g/mol. The maximum absolute atomic E-state index is 11.5. The first-order chi connectivity index (χ1) is 8.69. The van der Waals surface area contributed by atoms with Crippen LogP contribution in [0.2, 0.25) is 5.02 Å². The first-order valence-corrected chi connectivity index (χ1v) is 6.45. The predicted octanol–water partition coefficient (Wildman–Crippen LogP) is 1.70. The van der Waals surface area contributed by atoms with E-state index in [9.17, 15) is 4.79 Å². The summed E-state index contributed by atoms with van der Waals surface area (Å²) in [5.41, 5.74) is 6.44. The number of nitrogens with one attached hydrogen (secondary N) is 1. The minimum absolute atomic E-state index is 0.00554. The molecule has 1 aromatic rings. The normalized spacial score (nSPS) is 14.3. The predicted molar refractivity (Wildman–Crippen MR) is 70.6 cm³/mol. The molecule has 1 saturated carbocycles. The molecule has 1 aliphatic rings. The molecule has 3 N–H and O–H groups in total. The maximum Gasteiger partial charge on any atom is 0.257 e. The van der Waals surface area contributed by atoms with Crippen LogP contribution in [-0.4, -0.2) is 19.1 Å². The standard InChI is InChI=1S/C13H17ClN2O2/c14-11-5-10(6-15)3-4-12(11)18-8-13(17)16-7-9-1-2-9/h3-5,9H,1-2,6-8,15H2,(H,16,17). The fourth-order valence-corrected chi connectivity index (χ4v) is 1.82. The van der Waals surface area contributed by atoms with E-state index in [2.05, 4.69) is 5.32 Å². The molecule has 0 spiro atoms. The molecule has 18 heavy (non-hydrogen) atoms. The van der Waals surface area contributed by atoms with Crippen LogP contribution in [0.5, 0.6) is 5.75 Å². The molecular formula is C13H17ClN2O2. The van der Waals surface area contributed by atoms with Gasteiger partial charge in [-0.25, -0.2) is 0 Å². The number of carbonyl (C=O) groups excluding carboxylic acids is 1. The highest BCUT2D eigenvalue weighted by molar-refractivity contribution is 6.32. The van der Waals surface area contributed by atoms with E-state index in [0.717, 1.165) is 12.1 Å². The Morgan fingerprint density at radius 1 is 1.50 bits per heavy atom. The third kappa shape index (κ3) is 3.89. The van der Waals surface area contributed by atoms with Gasteiger partial charge in [0.25, 0.3) is 5.91 Å². The minimum atomic E-state index is -0.110. The summed E-state index contributed by atoms with van der Waals surface area (Å²) in [6.45, 7) is 1.18. The van der Waals surface area contributed by atoms with Gasteiger partial charge in [-0.05, 0) is 36.5 Å². The number of carbonyl (C=O) groups is 1. The minimum Gasteiger partial charge on any atom is -0.482 e. The topological polar surface area (TPSA) is 64.3 Å². The average molecular weight is 269 g/mol. The lowest BCUT2D eigenvalue weighted by molar-refractivity contribution is -0.123. The van der Waals surface area contributed by atoms with Crippen molar-refractivity contribution in [3.8, 4) is 5.75 Å². The van der Waals surface area contributed by atoms with E-state index in [1.807, 2.05) is 6.07 Å². The maximum atomic E-state index is 11.5. The Morgan fingerprint density at radius 3 is 2.89 bits per heavy atom. The van der Waals surface area contributed by atoms with Crippen LogP contribution in [0, 0.1) is 5.92 Å². The van der Waals surface area contributed by atoms with Gasteiger partial charge in [0.05, 0.1) is 5.02 Å². The van der Waals surface area contributed by atoms with Crippen molar-refractivity contribution in [1.29, 1.82) is 0 Å². The Bertz CT molecular complexity index is 433. The highest BCUT2D eigenvalue weighted by atomic mass is 35.5. The van der Waals surface area contributed by atoms with E-state index in [4.69, 9.17) is 22.1 Å². The summed E-state index contributed by atoms with van der Waals surface area (Å²) in [6.07, 6.45) is 2.43. The summed E-state index contributed by atoms with van der Waals surface area (Å²) in [5, 5.41) is 3.31. The van der Waals surface area contributed by atoms with Crippen LogP contribution >= 0.6 is 11.6 Å². The van der Waals surface area contributed by atoms with Crippen molar-refractivity contribution in [3.63, 3.8) is 0 Å². The van der Waals surface area contributed by atoms with Gasteiger partial charge in [0.1, 0.15) is 5.75 Å². The molecule has 5 heteroatoms. The highest BCUT2D eigenvalue weighted by Gasteiger charge is 2.21. The highest BCUT2D eigenvalue weighted by Crippen LogP contribution is 2.27. The van der Waals surface area contributed by atoms with Crippen LogP contribution in [0.3, 0.4) is 0 Å². The second-order valence-electron chi connectivity index (χ2n) is 4.51. The molecule has 0 aliphatic heterocycles. The lowest BCUT2D eigenvalue weighted by Crippen LogP contribution is -2.30. The van der Waals surface area contributed by atoms with Gasteiger partial charge in [-0.2, -0.15) is 0 Å². The quantitative estimate of drug-likeness (QED) is 0.825. The number of nitrogens with two attached hydrogens (primary N) is 1. The first kappa shape index (κ1) is 13.2. The summed E-state index contributed by atoms with van der Waals surface area (Å²) in [6, 6.07) is 5.32. The van der Waals surface area contributed by atoms with Gasteiger partial charge < -0.3 is 15.8 Å². The molecule has 1 aliphatic carbocycles. The Morgan fingerprint density at radius 2 is 2.28 bits per heavy atom. The van der Waals surface area contributed by atoms with Gasteiger partial charge in [-0.1, -0.05) is 17.7 Å². The van der Waals surface area contributed by atoms with Crippen LogP contribution in [0.25, 0.3) is 0 Å². The average Bonchev–Trinajstić information content (AvgIpc) is 3.18. The van der Waals surface area contributed by atoms with Crippen LogP contribution in [0.15, 0.2) is 18.2 Å². The first-order valence-electron chi connectivity index (χ1n) is 6.07. The number of hydrogen-bond donors (Lipinski definition) is 2. The van der Waals surface area contributed by atoms with Crippen LogP contribution in [0.1, 0.15) is 18.4 Å². The molecule has 1 amide bonds. The molecule has 0 radical (unpaired) electrons. The fraction of sp³-hybridized carbons (Fsp3) is 0.462. The Kier molecular flexibility index (Phi) is 4.44. The second-order valence-corrected chi connectivity index (χ2v) is 4.91. The van der Waals surface area contributed by atoms with E-state index in [-0.39, 0.29) is 12.5 Å². The van der Waals surface area contributed by atoms with Gasteiger partial charge in [-0.15, -0.1) is 0 Å². The van der Waals surface area contributed by atoms with Crippen molar-refractivity contribution >= 4 is 17.5 Å². The second kappa shape index (κ2) is 6.07. The van der Waals surface area contributed by atoms with E-state index < -0.39 is 0 Å². The molecule has 0 aromatic heterocycles. The smallest absolute Gasteiger partial charge is 0.257 e. The summed E-state index contributed by atoms with van der Waals surface area (Å²) in [5.74, 6) is 1.07. The number of ether oxygens (including phenoxy) is 1. The molecule has 0 atom stereocenters. The van der Waals surface area contributed by atoms with Crippen LogP contribution in [0.4, 0.5) is 0 Å². The molecule has 2 rings (SSSR count). The van der Waals surface area contributed by atoms with E-state index in [0.29, 0.717) is 23.2 Å². The number of rotatable bonds is 6. The molecule has 0 unspecified atom stereocenters. The van der Waals surface area contributed by atoms with Crippen LogP contribution < -0.4 is 15.8 Å². The Hall–Kier alpha value is -1.26. The van der Waals surface area contributed by atoms with Crippen LogP contribution in [-0.2, 0) is 11.3 Å². The summed E-state index contributed by atoms with van der Waals surface area (Å²) in [7, 11) is 0. The molecule has 0 heterocycles. The van der Waals surface area contributed by atoms with Gasteiger partial charge in [0.2, 0.25) is 0 Å². The largest absolute Gasteiger partial charge is 0.482 e. The zero-order chi connectivity index (χ0) is 13.0. The van der Waals surface area contributed by atoms with Gasteiger partial charge in [-0.3, -0.25) is 4.79 Å². The molecule has 1 aromatic carbocycles. The molecule has 0 bridgehead atoms. The summed E-state index contributed by atoms with van der Waals surface area (Å²) in [4.78, 5) is 11.5. The van der Waals surface area contributed by atoms with E-state index >= 15 is 0 Å².